The van der Waals surface area contributed by atoms with E-state index in [-0.39, 0.29) is 41.3 Å². The van der Waals surface area contributed by atoms with Gasteiger partial charge in [-0.3, -0.25) is 0 Å². The van der Waals surface area contributed by atoms with Crippen molar-refractivity contribution in [1.82, 2.24) is 25.4 Å². The zero-order valence-corrected chi connectivity index (χ0v) is 14.5. The van der Waals surface area contributed by atoms with E-state index in [1.807, 2.05) is 31.2 Å². The predicted octanol–water partition coefficient (Wildman–Crippen LogP) is 1.54. The molecule has 0 aliphatic carbocycles. The molecule has 0 amide bonds. The first-order valence-corrected chi connectivity index (χ1v) is 5.76. The van der Waals surface area contributed by atoms with Crippen molar-refractivity contribution < 1.29 is 41.3 Å². The van der Waals surface area contributed by atoms with Crippen LogP contribution in [0.1, 0.15) is 5.56 Å². The summed E-state index contributed by atoms with van der Waals surface area (Å²) in [4.78, 5) is 8.63. The predicted molar refractivity (Wildman–Crippen MR) is 69.2 cm³/mol. The molecule has 0 saturated heterocycles. The van der Waals surface area contributed by atoms with Crippen LogP contribution in [-0.4, -0.2) is 25.4 Å². The van der Waals surface area contributed by atoms with E-state index < -0.39 is 0 Å². The number of aromatic nitrogens is 5. The van der Waals surface area contributed by atoms with Crippen LogP contribution in [0.4, 0.5) is 5.82 Å². The molecule has 0 radical (unpaired) electrons. The van der Waals surface area contributed by atoms with E-state index in [0.29, 0.717) is 17.1 Å². The van der Waals surface area contributed by atoms with E-state index in [9.17, 15) is 0 Å². The average Bonchev–Trinajstić information content (AvgIpc) is 2.93. The molecule has 0 fully saturated rings. The number of aromatic amines is 2. The molecule has 7 heteroatoms. The van der Waals surface area contributed by atoms with Crippen LogP contribution in [0.5, 0.6) is 0 Å². The number of aryl methyl sites for hydroxylation is 1. The first kappa shape index (κ1) is 15.0. The van der Waals surface area contributed by atoms with Crippen LogP contribution in [0.25, 0.3) is 11.4 Å². The van der Waals surface area contributed by atoms with E-state index in [0.717, 1.165) is 5.56 Å². The Hall–Kier alpha value is -1.40. The SMILES string of the molecule is Cc1ccc(-c2nncc(/N=c3/c[c-][nH][nH]3)n2)cc1.[Pr+3]. The third kappa shape index (κ3) is 3.58. The average molecular weight is 392 g/mol. The van der Waals surface area contributed by atoms with Crippen LogP contribution >= 0.6 is 0 Å². The Morgan fingerprint density at radius 2 is 2.00 bits per heavy atom. The molecule has 0 saturated carbocycles. The summed E-state index contributed by atoms with van der Waals surface area (Å²) in [7, 11) is 0. The van der Waals surface area contributed by atoms with Crippen molar-refractivity contribution in [2.45, 2.75) is 6.92 Å². The van der Waals surface area contributed by atoms with Crippen molar-refractivity contribution in [3.63, 3.8) is 0 Å². The number of H-pyrrole nitrogens is 2. The topological polar surface area (TPSA) is 82.6 Å². The smallest absolute Gasteiger partial charge is 0.409 e. The summed E-state index contributed by atoms with van der Waals surface area (Å²) in [6, 6.07) is 9.64. The first-order chi connectivity index (χ1) is 9.31. The van der Waals surface area contributed by atoms with E-state index in [1.54, 1.807) is 6.07 Å². The molecule has 20 heavy (non-hydrogen) atoms. The van der Waals surface area contributed by atoms with Gasteiger partial charge < -0.3 is 15.2 Å². The standard InChI is InChI=1S/C13H11N6.Pr/c1-9-2-4-10(5-3-9)13-17-12(8-15-19-13)16-11-6-7-14-18-11;/h2-6,8H,1H3,(H2,14,16,17,18,19);/q-1;+3. The van der Waals surface area contributed by atoms with E-state index in [4.69, 9.17) is 0 Å². The molecule has 94 valence electrons. The fourth-order valence-electron chi connectivity index (χ4n) is 1.60. The van der Waals surface area contributed by atoms with Gasteiger partial charge in [0.2, 0.25) is 0 Å². The maximum atomic E-state index is 4.36. The van der Waals surface area contributed by atoms with Gasteiger partial charge in [0, 0.05) is 5.56 Å². The van der Waals surface area contributed by atoms with Crippen molar-refractivity contribution in [2.75, 3.05) is 0 Å². The van der Waals surface area contributed by atoms with Gasteiger partial charge in [-0.05, 0) is 12.4 Å². The summed E-state index contributed by atoms with van der Waals surface area (Å²) in [5, 5.41) is 13.5. The second-order valence-corrected chi connectivity index (χ2v) is 4.04. The minimum absolute atomic E-state index is 0. The fraction of sp³-hybridized carbons (Fsp3) is 0.0769. The molecule has 0 spiro atoms. The molecule has 0 atom stereocenters. The summed E-state index contributed by atoms with van der Waals surface area (Å²) < 4.78 is 0. The van der Waals surface area contributed by atoms with Gasteiger partial charge in [0.1, 0.15) is 0 Å². The Kier molecular flexibility index (Phi) is 5.14. The van der Waals surface area contributed by atoms with Gasteiger partial charge in [-0.15, -0.1) is 5.10 Å². The van der Waals surface area contributed by atoms with Crippen LogP contribution in [0.15, 0.2) is 41.5 Å². The quantitative estimate of drug-likeness (QED) is 0.650. The summed E-state index contributed by atoms with van der Waals surface area (Å²) in [5.74, 6) is 1.05. The molecule has 2 aromatic heterocycles. The molecule has 0 bridgehead atoms. The van der Waals surface area contributed by atoms with Gasteiger partial charge in [-0.2, -0.15) is 17.4 Å². The van der Waals surface area contributed by atoms with Crippen molar-refractivity contribution >= 4 is 5.82 Å². The zero-order valence-electron chi connectivity index (χ0n) is 10.8. The van der Waals surface area contributed by atoms with E-state index in [1.165, 1.54) is 11.8 Å². The fourth-order valence-corrected chi connectivity index (χ4v) is 1.60. The summed E-state index contributed by atoms with van der Waals surface area (Å²) >= 11 is 0. The Bertz CT molecular complexity index is 727. The van der Waals surface area contributed by atoms with Crippen molar-refractivity contribution in [2.24, 2.45) is 4.99 Å². The summed E-state index contributed by atoms with van der Waals surface area (Å²) in [5.41, 5.74) is 2.74. The third-order valence-corrected chi connectivity index (χ3v) is 2.56. The zero-order chi connectivity index (χ0) is 13.1. The maximum Gasteiger partial charge on any atom is 3.00 e. The Balaban J connectivity index is 0.00000147. The monoisotopic (exact) mass is 392 g/mol. The summed E-state index contributed by atoms with van der Waals surface area (Å²) in [6.07, 6.45) is 4.28. The van der Waals surface area contributed by atoms with Gasteiger partial charge in [-0.1, -0.05) is 29.8 Å². The Morgan fingerprint density at radius 1 is 1.20 bits per heavy atom. The van der Waals surface area contributed by atoms with Crippen LogP contribution in [-0.2, 0) is 0 Å². The number of hydrogen-bond donors (Lipinski definition) is 2. The van der Waals surface area contributed by atoms with Crippen molar-refractivity contribution in [3.05, 3.63) is 53.8 Å². The van der Waals surface area contributed by atoms with Crippen molar-refractivity contribution in [3.8, 4) is 11.4 Å². The molecule has 0 aliphatic heterocycles. The van der Waals surface area contributed by atoms with Crippen LogP contribution < -0.4 is 5.49 Å². The van der Waals surface area contributed by atoms with E-state index in [2.05, 4.69) is 36.6 Å². The van der Waals surface area contributed by atoms with Crippen LogP contribution in [0, 0.1) is 54.4 Å². The van der Waals surface area contributed by atoms with Gasteiger partial charge in [0.15, 0.2) is 11.6 Å². The second kappa shape index (κ2) is 6.86. The largest absolute Gasteiger partial charge is 3.00 e. The van der Waals surface area contributed by atoms with E-state index >= 15 is 0 Å². The number of benzene rings is 1. The number of nitrogens with zero attached hydrogens (tertiary/aromatic N) is 4. The van der Waals surface area contributed by atoms with Gasteiger partial charge >= 0.3 is 41.3 Å². The molecule has 3 rings (SSSR count). The van der Waals surface area contributed by atoms with Crippen LogP contribution in [0.3, 0.4) is 0 Å². The van der Waals surface area contributed by atoms with Gasteiger partial charge in [-0.25, -0.2) is 4.98 Å². The Morgan fingerprint density at radius 3 is 2.70 bits per heavy atom. The van der Waals surface area contributed by atoms with Gasteiger partial charge in [0.05, 0.1) is 6.20 Å². The second-order valence-electron chi connectivity index (χ2n) is 4.04. The number of nitrogens with one attached hydrogen (secondary N) is 2. The summed E-state index contributed by atoms with van der Waals surface area (Å²) in [6.45, 7) is 2.03. The molecule has 3 aromatic rings. The number of hydrogen-bond acceptors (Lipinski definition) is 4. The molecule has 0 aliphatic rings. The van der Waals surface area contributed by atoms with Crippen molar-refractivity contribution in [1.29, 1.82) is 0 Å². The molecular weight excluding hydrogens is 381 g/mol. The maximum absolute atomic E-state index is 4.36. The Labute approximate surface area is 148 Å². The molecule has 2 heterocycles. The minimum atomic E-state index is 0. The van der Waals surface area contributed by atoms with Crippen LogP contribution in [0.2, 0.25) is 0 Å². The number of rotatable bonds is 2. The third-order valence-electron chi connectivity index (χ3n) is 2.56. The first-order valence-electron chi connectivity index (χ1n) is 5.76. The molecule has 6 nitrogen and oxygen atoms in total. The molecule has 2 N–H and O–H groups in total. The molecule has 0 unspecified atom stereocenters. The van der Waals surface area contributed by atoms with Gasteiger partial charge in [0.25, 0.3) is 0 Å². The molecule has 1 aromatic carbocycles. The minimum Gasteiger partial charge on any atom is -0.409 e. The molecular formula is C13H11N6Pr+2. The normalized spacial score (nSPS) is 11.2.